The molecule has 0 aromatic heterocycles. The Morgan fingerprint density at radius 2 is 2.27 bits per heavy atom. The molecule has 2 heteroatoms. The van der Waals surface area contributed by atoms with Gasteiger partial charge in [0.05, 0.1) is 0 Å². The van der Waals surface area contributed by atoms with Gasteiger partial charge in [0.2, 0.25) is 0 Å². The van der Waals surface area contributed by atoms with Gasteiger partial charge in [0.15, 0.2) is 0 Å². The highest BCUT2D eigenvalue weighted by atomic mass is 15.2. The highest BCUT2D eigenvalue weighted by Crippen LogP contribution is 2.32. The first kappa shape index (κ1) is 11.2. The van der Waals surface area contributed by atoms with Crippen molar-refractivity contribution in [2.24, 2.45) is 5.92 Å². The van der Waals surface area contributed by atoms with Crippen LogP contribution in [0.2, 0.25) is 0 Å². The van der Waals surface area contributed by atoms with Crippen LogP contribution in [0.15, 0.2) is 12.2 Å². The van der Waals surface area contributed by atoms with E-state index in [-0.39, 0.29) is 0 Å². The molecule has 0 bridgehead atoms. The van der Waals surface area contributed by atoms with Crippen molar-refractivity contribution in [1.82, 2.24) is 10.2 Å². The molecule has 0 aromatic rings. The molecule has 1 aliphatic heterocycles. The fourth-order valence-electron chi connectivity index (χ4n) is 2.70. The van der Waals surface area contributed by atoms with Crippen molar-refractivity contribution in [3.63, 3.8) is 0 Å². The Balaban J connectivity index is 1.71. The van der Waals surface area contributed by atoms with Gasteiger partial charge in [0.1, 0.15) is 0 Å². The smallest absolute Gasteiger partial charge is 0.0166 e. The third-order valence-corrected chi connectivity index (χ3v) is 3.77. The lowest BCUT2D eigenvalue weighted by Crippen LogP contribution is -2.51. The first-order valence-electron chi connectivity index (χ1n) is 6.51. The zero-order chi connectivity index (χ0) is 10.5. The van der Waals surface area contributed by atoms with E-state index in [9.17, 15) is 0 Å². The van der Waals surface area contributed by atoms with Crippen molar-refractivity contribution in [3.05, 3.63) is 12.2 Å². The largest absolute Gasteiger partial charge is 0.316 e. The maximum Gasteiger partial charge on any atom is 0.0166 e. The second-order valence-corrected chi connectivity index (χ2v) is 4.86. The summed E-state index contributed by atoms with van der Waals surface area (Å²) in [7, 11) is 0. The molecule has 2 aliphatic rings. The van der Waals surface area contributed by atoms with Crippen LogP contribution in [0.4, 0.5) is 0 Å². The minimum Gasteiger partial charge on any atom is -0.316 e. The van der Waals surface area contributed by atoms with Crippen LogP contribution in [-0.2, 0) is 0 Å². The lowest BCUT2D eigenvalue weighted by Gasteiger charge is -2.45. The molecule has 0 spiro atoms. The van der Waals surface area contributed by atoms with Crippen molar-refractivity contribution in [1.29, 1.82) is 0 Å². The van der Waals surface area contributed by atoms with Crippen LogP contribution < -0.4 is 5.32 Å². The molecule has 15 heavy (non-hydrogen) atoms. The second-order valence-electron chi connectivity index (χ2n) is 4.86. The van der Waals surface area contributed by atoms with Gasteiger partial charge in [-0.2, -0.15) is 0 Å². The second kappa shape index (κ2) is 5.66. The van der Waals surface area contributed by atoms with Crippen LogP contribution in [0.1, 0.15) is 32.6 Å². The van der Waals surface area contributed by atoms with Crippen LogP contribution in [0, 0.1) is 5.92 Å². The van der Waals surface area contributed by atoms with E-state index in [2.05, 4.69) is 29.3 Å². The van der Waals surface area contributed by atoms with E-state index in [4.69, 9.17) is 0 Å². The molecule has 0 amide bonds. The SMILES string of the molecule is CCCNCC1CCC1N1CC=CCC1. The van der Waals surface area contributed by atoms with E-state index in [0.717, 1.165) is 12.0 Å². The fraction of sp³-hybridized carbons (Fsp3) is 0.846. The summed E-state index contributed by atoms with van der Waals surface area (Å²) >= 11 is 0. The Kier molecular flexibility index (Phi) is 4.21. The Bertz CT molecular complexity index is 213. The molecule has 2 unspecified atom stereocenters. The van der Waals surface area contributed by atoms with Crippen molar-refractivity contribution in [2.45, 2.75) is 38.6 Å². The highest BCUT2D eigenvalue weighted by Gasteiger charge is 2.34. The quantitative estimate of drug-likeness (QED) is 0.549. The highest BCUT2D eigenvalue weighted by molar-refractivity contribution is 4.98. The van der Waals surface area contributed by atoms with Gasteiger partial charge < -0.3 is 5.32 Å². The van der Waals surface area contributed by atoms with Gasteiger partial charge >= 0.3 is 0 Å². The van der Waals surface area contributed by atoms with E-state index in [1.807, 2.05) is 0 Å². The number of hydrogen-bond acceptors (Lipinski definition) is 2. The van der Waals surface area contributed by atoms with Crippen molar-refractivity contribution in [2.75, 3.05) is 26.2 Å². The molecular formula is C13H24N2. The zero-order valence-electron chi connectivity index (χ0n) is 9.91. The molecule has 1 fully saturated rings. The van der Waals surface area contributed by atoms with E-state index >= 15 is 0 Å². The van der Waals surface area contributed by atoms with Crippen molar-refractivity contribution >= 4 is 0 Å². The van der Waals surface area contributed by atoms with E-state index in [1.165, 1.54) is 51.9 Å². The summed E-state index contributed by atoms with van der Waals surface area (Å²) in [6, 6.07) is 0.874. The Hall–Kier alpha value is -0.340. The van der Waals surface area contributed by atoms with E-state index in [0.29, 0.717) is 0 Å². The van der Waals surface area contributed by atoms with Crippen LogP contribution in [0.5, 0.6) is 0 Å². The molecule has 1 heterocycles. The first-order chi connectivity index (χ1) is 7.42. The summed E-state index contributed by atoms with van der Waals surface area (Å²) < 4.78 is 0. The van der Waals surface area contributed by atoms with Gasteiger partial charge in [-0.1, -0.05) is 19.1 Å². The summed E-state index contributed by atoms with van der Waals surface area (Å²) in [6.45, 7) is 7.13. The van der Waals surface area contributed by atoms with Crippen LogP contribution >= 0.6 is 0 Å². The minimum atomic E-state index is 0.874. The molecule has 1 N–H and O–H groups in total. The molecule has 0 saturated heterocycles. The topological polar surface area (TPSA) is 15.3 Å². The van der Waals surface area contributed by atoms with Gasteiger partial charge in [-0.25, -0.2) is 0 Å². The summed E-state index contributed by atoms with van der Waals surface area (Å²) in [6.07, 6.45) is 10.0. The van der Waals surface area contributed by atoms with E-state index in [1.54, 1.807) is 0 Å². The van der Waals surface area contributed by atoms with E-state index < -0.39 is 0 Å². The Morgan fingerprint density at radius 3 is 2.87 bits per heavy atom. The van der Waals surface area contributed by atoms with Gasteiger partial charge in [-0.3, -0.25) is 4.90 Å². The maximum atomic E-state index is 3.56. The van der Waals surface area contributed by atoms with Crippen LogP contribution in [0.25, 0.3) is 0 Å². The van der Waals surface area contributed by atoms with Crippen LogP contribution in [-0.4, -0.2) is 37.1 Å². The predicted molar refractivity (Wildman–Crippen MR) is 65.0 cm³/mol. The first-order valence-corrected chi connectivity index (χ1v) is 6.51. The molecule has 2 rings (SSSR count). The fourth-order valence-corrected chi connectivity index (χ4v) is 2.70. The Morgan fingerprint density at radius 1 is 1.33 bits per heavy atom. The van der Waals surface area contributed by atoms with Gasteiger partial charge in [-0.15, -0.1) is 0 Å². The third kappa shape index (κ3) is 2.82. The zero-order valence-corrected chi connectivity index (χ0v) is 9.91. The minimum absolute atomic E-state index is 0.874. The standard InChI is InChI=1S/C13H24N2/c1-2-8-14-11-12-6-7-13(12)15-9-4-3-5-10-15/h3-4,12-14H,2,5-11H2,1H3. The molecule has 0 aromatic carbocycles. The molecular weight excluding hydrogens is 184 g/mol. The molecule has 2 atom stereocenters. The summed E-state index contributed by atoms with van der Waals surface area (Å²) in [5.74, 6) is 0.919. The lowest BCUT2D eigenvalue weighted by atomic mass is 9.78. The number of nitrogens with zero attached hydrogens (tertiary/aromatic N) is 1. The average molecular weight is 208 g/mol. The molecule has 2 nitrogen and oxygen atoms in total. The lowest BCUT2D eigenvalue weighted by molar-refractivity contribution is 0.0698. The predicted octanol–water partition coefficient (Wildman–Crippen LogP) is 2.03. The molecule has 1 aliphatic carbocycles. The Labute approximate surface area is 93.7 Å². The summed E-state index contributed by atoms with van der Waals surface area (Å²) in [4.78, 5) is 2.67. The molecule has 86 valence electrons. The third-order valence-electron chi connectivity index (χ3n) is 3.77. The summed E-state index contributed by atoms with van der Waals surface area (Å²) in [5.41, 5.74) is 0. The van der Waals surface area contributed by atoms with Gasteiger partial charge in [0.25, 0.3) is 0 Å². The van der Waals surface area contributed by atoms with Gasteiger partial charge in [-0.05, 0) is 44.7 Å². The van der Waals surface area contributed by atoms with Crippen LogP contribution in [0.3, 0.4) is 0 Å². The molecule has 1 saturated carbocycles. The average Bonchev–Trinajstić information content (AvgIpc) is 2.24. The normalized spacial score (nSPS) is 31.5. The number of nitrogens with one attached hydrogen (secondary N) is 1. The van der Waals surface area contributed by atoms with Crippen molar-refractivity contribution in [3.8, 4) is 0 Å². The summed E-state index contributed by atoms with van der Waals surface area (Å²) in [5, 5.41) is 3.56. The number of rotatable bonds is 5. The molecule has 0 radical (unpaired) electrons. The van der Waals surface area contributed by atoms with Crippen molar-refractivity contribution < 1.29 is 0 Å². The number of hydrogen-bond donors (Lipinski definition) is 1. The maximum absolute atomic E-state index is 3.56. The monoisotopic (exact) mass is 208 g/mol. The van der Waals surface area contributed by atoms with Gasteiger partial charge in [0, 0.05) is 19.1 Å².